The van der Waals surface area contributed by atoms with Crippen LogP contribution in [-0.4, -0.2) is 23.4 Å². The molecule has 0 spiro atoms. The van der Waals surface area contributed by atoms with Crippen LogP contribution in [0.15, 0.2) is 17.5 Å². The minimum atomic E-state index is -0.00183. The highest BCUT2D eigenvalue weighted by molar-refractivity contribution is 7.10. The zero-order valence-corrected chi connectivity index (χ0v) is 13.9. The summed E-state index contributed by atoms with van der Waals surface area (Å²) in [5, 5.41) is 5.66. The Morgan fingerprint density at radius 2 is 2.24 bits per heavy atom. The van der Waals surface area contributed by atoms with Crippen molar-refractivity contribution in [3.8, 4) is 0 Å². The predicted molar refractivity (Wildman–Crippen MR) is 87.1 cm³/mol. The number of hydrogen-bond acceptors (Lipinski definition) is 3. The van der Waals surface area contributed by atoms with Crippen LogP contribution in [0.2, 0.25) is 0 Å². The summed E-state index contributed by atoms with van der Waals surface area (Å²) in [5.41, 5.74) is 0. The lowest BCUT2D eigenvalue weighted by molar-refractivity contribution is -0.130. The van der Waals surface area contributed by atoms with E-state index in [0.29, 0.717) is 11.8 Å². The molecule has 0 bridgehead atoms. The molecular weight excluding hydrogens is 280 g/mol. The van der Waals surface area contributed by atoms with Gasteiger partial charge in [-0.15, -0.1) is 11.3 Å². The molecule has 2 unspecified atom stereocenters. The molecular formula is C17H26N2OS. The maximum atomic E-state index is 12.7. The number of carbonyl (C=O) groups excluding carboxylic acids is 1. The standard InChI is InChI=1S/C17H26N2OS/c1-12(2)11-14-17(20)19(9-3-5-13-7-8-13)16(18-14)15-6-4-10-21-15/h4,6,10,12-14,16,18H,3,5,7-9,11H2,1-2H3. The molecule has 1 aromatic heterocycles. The summed E-state index contributed by atoms with van der Waals surface area (Å²) < 4.78 is 0. The van der Waals surface area contributed by atoms with E-state index in [1.165, 1.54) is 24.1 Å². The van der Waals surface area contributed by atoms with Gasteiger partial charge in [-0.1, -0.05) is 32.8 Å². The molecule has 21 heavy (non-hydrogen) atoms. The summed E-state index contributed by atoms with van der Waals surface area (Å²) >= 11 is 1.74. The van der Waals surface area contributed by atoms with Crippen LogP contribution in [0.3, 0.4) is 0 Å². The van der Waals surface area contributed by atoms with Crippen molar-refractivity contribution in [2.75, 3.05) is 6.54 Å². The zero-order valence-electron chi connectivity index (χ0n) is 13.0. The first-order valence-electron chi connectivity index (χ1n) is 8.25. The van der Waals surface area contributed by atoms with E-state index in [1.54, 1.807) is 11.3 Å². The lowest BCUT2D eigenvalue weighted by Crippen LogP contribution is -2.32. The van der Waals surface area contributed by atoms with Crippen LogP contribution in [0.1, 0.15) is 57.0 Å². The van der Waals surface area contributed by atoms with E-state index in [-0.39, 0.29) is 12.2 Å². The first-order chi connectivity index (χ1) is 10.1. The minimum Gasteiger partial charge on any atom is -0.321 e. The molecule has 0 radical (unpaired) electrons. The quantitative estimate of drug-likeness (QED) is 0.831. The van der Waals surface area contributed by atoms with E-state index in [0.717, 1.165) is 25.3 Å². The van der Waals surface area contributed by atoms with Gasteiger partial charge in [0.1, 0.15) is 6.17 Å². The molecule has 2 heterocycles. The van der Waals surface area contributed by atoms with Crippen molar-refractivity contribution in [2.45, 2.75) is 58.2 Å². The molecule has 3 nitrogen and oxygen atoms in total. The monoisotopic (exact) mass is 306 g/mol. The summed E-state index contributed by atoms with van der Waals surface area (Å²) in [5.74, 6) is 1.79. The van der Waals surface area contributed by atoms with Crippen molar-refractivity contribution >= 4 is 17.2 Å². The molecule has 3 rings (SSSR count). The molecule has 116 valence electrons. The average Bonchev–Trinajstić information content (AvgIpc) is 3.00. The van der Waals surface area contributed by atoms with Crippen molar-refractivity contribution in [1.82, 2.24) is 10.2 Å². The van der Waals surface area contributed by atoms with E-state index in [4.69, 9.17) is 0 Å². The molecule has 1 saturated heterocycles. The van der Waals surface area contributed by atoms with Crippen molar-refractivity contribution in [1.29, 1.82) is 0 Å². The molecule has 0 aromatic carbocycles. The second kappa shape index (κ2) is 6.49. The first-order valence-corrected chi connectivity index (χ1v) is 9.13. The van der Waals surface area contributed by atoms with E-state index in [1.807, 2.05) is 0 Å². The molecule has 1 amide bonds. The van der Waals surface area contributed by atoms with Gasteiger partial charge in [0.2, 0.25) is 5.91 Å². The van der Waals surface area contributed by atoms with Crippen LogP contribution in [0.4, 0.5) is 0 Å². The Labute approximate surface area is 131 Å². The number of amides is 1. The van der Waals surface area contributed by atoms with Crippen LogP contribution in [-0.2, 0) is 4.79 Å². The maximum Gasteiger partial charge on any atom is 0.241 e. The van der Waals surface area contributed by atoms with Crippen LogP contribution >= 0.6 is 11.3 Å². The predicted octanol–water partition coefficient (Wildman–Crippen LogP) is 3.78. The molecule has 1 aromatic rings. The van der Waals surface area contributed by atoms with Gasteiger partial charge < -0.3 is 4.90 Å². The Bertz CT molecular complexity index is 467. The summed E-state index contributed by atoms with van der Waals surface area (Å²) in [4.78, 5) is 16.1. The fourth-order valence-corrected chi connectivity index (χ4v) is 3.99. The second-order valence-electron chi connectivity index (χ2n) is 6.88. The SMILES string of the molecule is CC(C)CC1NC(c2cccs2)N(CCCC2CC2)C1=O. The Hall–Kier alpha value is -0.870. The number of rotatable bonds is 7. The van der Waals surface area contributed by atoms with E-state index in [9.17, 15) is 4.79 Å². The van der Waals surface area contributed by atoms with Crippen molar-refractivity contribution in [3.05, 3.63) is 22.4 Å². The number of hydrogen-bond donors (Lipinski definition) is 1. The molecule has 4 heteroatoms. The van der Waals surface area contributed by atoms with Gasteiger partial charge >= 0.3 is 0 Å². The first kappa shape index (κ1) is 15.0. The lowest BCUT2D eigenvalue weighted by Gasteiger charge is -2.23. The van der Waals surface area contributed by atoms with Gasteiger partial charge in [-0.05, 0) is 42.5 Å². The molecule has 2 atom stereocenters. The molecule has 1 N–H and O–H groups in total. The third-order valence-corrected chi connectivity index (χ3v) is 5.40. The smallest absolute Gasteiger partial charge is 0.241 e. The van der Waals surface area contributed by atoms with E-state index < -0.39 is 0 Å². The fourth-order valence-electron chi connectivity index (χ4n) is 3.20. The number of nitrogens with one attached hydrogen (secondary N) is 1. The number of carbonyl (C=O) groups is 1. The molecule has 1 saturated carbocycles. The lowest BCUT2D eigenvalue weighted by atomic mass is 10.0. The van der Waals surface area contributed by atoms with Gasteiger partial charge in [-0.25, -0.2) is 0 Å². The number of nitrogens with zero attached hydrogens (tertiary/aromatic N) is 1. The molecule has 2 aliphatic rings. The zero-order chi connectivity index (χ0) is 14.8. The molecule has 1 aliphatic heterocycles. The van der Waals surface area contributed by atoms with Crippen LogP contribution < -0.4 is 5.32 Å². The van der Waals surface area contributed by atoms with Crippen LogP contribution in [0.25, 0.3) is 0 Å². The Morgan fingerprint density at radius 3 is 2.86 bits per heavy atom. The second-order valence-corrected chi connectivity index (χ2v) is 7.86. The summed E-state index contributed by atoms with van der Waals surface area (Å²) in [6, 6.07) is 4.21. The highest BCUT2D eigenvalue weighted by Gasteiger charge is 2.39. The van der Waals surface area contributed by atoms with Gasteiger partial charge in [0.25, 0.3) is 0 Å². The van der Waals surface area contributed by atoms with Crippen molar-refractivity contribution in [3.63, 3.8) is 0 Å². The largest absolute Gasteiger partial charge is 0.321 e. The van der Waals surface area contributed by atoms with Crippen molar-refractivity contribution < 1.29 is 4.79 Å². The Balaban J connectivity index is 1.66. The van der Waals surface area contributed by atoms with E-state index >= 15 is 0 Å². The minimum absolute atomic E-state index is 0.00183. The van der Waals surface area contributed by atoms with Gasteiger partial charge in [0.15, 0.2) is 0 Å². The summed E-state index contributed by atoms with van der Waals surface area (Å²) in [6.45, 7) is 5.27. The van der Waals surface area contributed by atoms with Gasteiger partial charge in [-0.2, -0.15) is 0 Å². The topological polar surface area (TPSA) is 32.3 Å². The van der Waals surface area contributed by atoms with Gasteiger partial charge in [-0.3, -0.25) is 10.1 Å². The third-order valence-electron chi connectivity index (χ3n) is 4.48. The number of thiophene rings is 1. The molecule has 1 aliphatic carbocycles. The van der Waals surface area contributed by atoms with Crippen LogP contribution in [0.5, 0.6) is 0 Å². The summed E-state index contributed by atoms with van der Waals surface area (Å²) in [6.07, 6.45) is 6.26. The average molecular weight is 306 g/mol. The van der Waals surface area contributed by atoms with Gasteiger partial charge in [0, 0.05) is 11.4 Å². The Morgan fingerprint density at radius 1 is 1.43 bits per heavy atom. The van der Waals surface area contributed by atoms with Crippen LogP contribution in [0, 0.1) is 11.8 Å². The highest BCUT2D eigenvalue weighted by atomic mass is 32.1. The highest BCUT2D eigenvalue weighted by Crippen LogP contribution is 2.35. The van der Waals surface area contributed by atoms with Crippen molar-refractivity contribution in [2.24, 2.45) is 11.8 Å². The van der Waals surface area contributed by atoms with Gasteiger partial charge in [0.05, 0.1) is 6.04 Å². The summed E-state index contributed by atoms with van der Waals surface area (Å²) in [7, 11) is 0. The fraction of sp³-hybridized carbons (Fsp3) is 0.706. The van der Waals surface area contributed by atoms with E-state index in [2.05, 4.69) is 41.6 Å². The third kappa shape index (κ3) is 3.67. The normalized spacial score (nSPS) is 26.0. The molecule has 2 fully saturated rings. The Kier molecular flexibility index (Phi) is 4.65. The maximum absolute atomic E-state index is 12.7.